The Balaban J connectivity index is 1.94. The van der Waals surface area contributed by atoms with Gasteiger partial charge in [0.05, 0.1) is 6.04 Å². The Morgan fingerprint density at radius 2 is 2.04 bits per heavy atom. The largest absolute Gasteiger partial charge is 0.337 e. The summed E-state index contributed by atoms with van der Waals surface area (Å²) in [6, 6.07) is 7.84. The number of carbonyl (C=O) groups excluding carboxylic acids is 1. The van der Waals surface area contributed by atoms with Gasteiger partial charge < -0.3 is 15.2 Å². The lowest BCUT2D eigenvalue weighted by atomic mass is 9.82. The fourth-order valence-electron chi connectivity index (χ4n) is 2.73. The standard InChI is InChI=1S/C17H25N5O/c1-12-8-6-7-9-14(12)17(3,4)10-18-16(23)20-13(2)15-21-19-11-22(15)5/h6-9,11,13H,10H2,1-5H3,(H2,18,20,23)/t13-/m0/s1. The number of urea groups is 1. The second-order valence-electron chi connectivity index (χ2n) is 6.55. The van der Waals surface area contributed by atoms with E-state index in [2.05, 4.69) is 53.7 Å². The van der Waals surface area contributed by atoms with Gasteiger partial charge in [0.1, 0.15) is 6.33 Å². The molecule has 0 saturated heterocycles. The van der Waals surface area contributed by atoms with Gasteiger partial charge in [0.15, 0.2) is 5.82 Å². The zero-order chi connectivity index (χ0) is 17.0. The number of hydrogen-bond acceptors (Lipinski definition) is 3. The number of aryl methyl sites for hydroxylation is 2. The molecule has 0 radical (unpaired) electrons. The summed E-state index contributed by atoms with van der Waals surface area (Å²) in [5.74, 6) is 0.721. The predicted octanol–water partition coefficient (Wildman–Crippen LogP) is 2.46. The maximum absolute atomic E-state index is 12.1. The molecule has 0 aliphatic heterocycles. The maximum atomic E-state index is 12.1. The molecule has 2 rings (SSSR count). The Morgan fingerprint density at radius 3 is 2.65 bits per heavy atom. The molecule has 0 aliphatic rings. The first-order chi connectivity index (χ1) is 10.8. The Bertz CT molecular complexity index is 677. The Labute approximate surface area is 137 Å². The SMILES string of the molecule is Cc1ccccc1C(C)(C)CNC(=O)N[C@@H](C)c1nncn1C. The van der Waals surface area contributed by atoms with Gasteiger partial charge in [-0.2, -0.15) is 0 Å². The Hall–Kier alpha value is -2.37. The van der Waals surface area contributed by atoms with Gasteiger partial charge >= 0.3 is 6.03 Å². The summed E-state index contributed by atoms with van der Waals surface area (Å²) in [4.78, 5) is 12.1. The van der Waals surface area contributed by atoms with Gasteiger partial charge in [-0.15, -0.1) is 10.2 Å². The zero-order valence-corrected chi connectivity index (χ0v) is 14.4. The van der Waals surface area contributed by atoms with Crippen LogP contribution >= 0.6 is 0 Å². The second-order valence-corrected chi connectivity index (χ2v) is 6.55. The summed E-state index contributed by atoms with van der Waals surface area (Å²) in [7, 11) is 1.85. The van der Waals surface area contributed by atoms with Crippen LogP contribution in [-0.2, 0) is 12.5 Å². The Kier molecular flexibility index (Phi) is 5.03. The third-order valence-corrected chi connectivity index (χ3v) is 4.05. The lowest BCUT2D eigenvalue weighted by Gasteiger charge is -2.27. The van der Waals surface area contributed by atoms with Crippen LogP contribution < -0.4 is 10.6 Å². The molecular weight excluding hydrogens is 290 g/mol. The van der Waals surface area contributed by atoms with E-state index in [9.17, 15) is 4.79 Å². The third kappa shape index (κ3) is 4.09. The zero-order valence-electron chi connectivity index (χ0n) is 14.4. The van der Waals surface area contributed by atoms with E-state index in [0.717, 1.165) is 5.82 Å². The molecule has 6 heteroatoms. The summed E-state index contributed by atoms with van der Waals surface area (Å²) < 4.78 is 1.79. The molecule has 2 amide bonds. The molecule has 1 aromatic heterocycles. The molecule has 6 nitrogen and oxygen atoms in total. The molecule has 0 aliphatic carbocycles. The minimum absolute atomic E-state index is 0.142. The van der Waals surface area contributed by atoms with Gasteiger partial charge in [0, 0.05) is 19.0 Å². The van der Waals surface area contributed by atoms with Gasteiger partial charge in [-0.05, 0) is 25.0 Å². The lowest BCUT2D eigenvalue weighted by molar-refractivity contribution is 0.234. The van der Waals surface area contributed by atoms with Gasteiger partial charge in [0.2, 0.25) is 0 Å². The second kappa shape index (κ2) is 6.81. The monoisotopic (exact) mass is 315 g/mol. The summed E-state index contributed by atoms with van der Waals surface area (Å²) in [5, 5.41) is 13.7. The van der Waals surface area contributed by atoms with Crippen molar-refractivity contribution >= 4 is 6.03 Å². The topological polar surface area (TPSA) is 71.8 Å². The van der Waals surface area contributed by atoms with Gasteiger partial charge in [-0.1, -0.05) is 38.1 Å². The number of hydrogen-bond donors (Lipinski definition) is 2. The minimum atomic E-state index is -0.206. The number of benzene rings is 1. The Morgan fingerprint density at radius 1 is 1.35 bits per heavy atom. The van der Waals surface area contributed by atoms with Crippen molar-refractivity contribution in [1.82, 2.24) is 25.4 Å². The highest BCUT2D eigenvalue weighted by Gasteiger charge is 2.23. The van der Waals surface area contributed by atoms with Crippen molar-refractivity contribution in [2.24, 2.45) is 7.05 Å². The maximum Gasteiger partial charge on any atom is 0.315 e. The molecule has 0 fully saturated rings. The molecule has 0 unspecified atom stereocenters. The van der Waals surface area contributed by atoms with Crippen molar-refractivity contribution in [3.63, 3.8) is 0 Å². The van der Waals surface area contributed by atoms with Crippen LogP contribution in [0, 0.1) is 6.92 Å². The fourth-order valence-corrected chi connectivity index (χ4v) is 2.73. The molecule has 124 valence electrons. The van der Waals surface area contributed by atoms with E-state index in [1.807, 2.05) is 26.1 Å². The average molecular weight is 315 g/mol. The number of aromatic nitrogens is 3. The van der Waals surface area contributed by atoms with Crippen LogP contribution in [0.15, 0.2) is 30.6 Å². The van der Waals surface area contributed by atoms with E-state index in [-0.39, 0.29) is 17.5 Å². The first-order valence-corrected chi connectivity index (χ1v) is 7.75. The summed E-state index contributed by atoms with van der Waals surface area (Å²) in [5.41, 5.74) is 2.32. The van der Waals surface area contributed by atoms with Crippen LogP contribution in [0.25, 0.3) is 0 Å². The van der Waals surface area contributed by atoms with Crippen LogP contribution in [-0.4, -0.2) is 27.3 Å². The van der Waals surface area contributed by atoms with Crippen molar-refractivity contribution in [3.8, 4) is 0 Å². The molecule has 0 saturated carbocycles. The summed E-state index contributed by atoms with van der Waals surface area (Å²) >= 11 is 0. The van der Waals surface area contributed by atoms with Crippen LogP contribution in [0.3, 0.4) is 0 Å². The van der Waals surface area contributed by atoms with Crippen molar-refractivity contribution < 1.29 is 4.79 Å². The normalized spacial score (nSPS) is 12.7. The molecule has 1 aromatic carbocycles. The fraction of sp³-hybridized carbons (Fsp3) is 0.471. The van der Waals surface area contributed by atoms with Crippen molar-refractivity contribution in [2.75, 3.05) is 6.54 Å². The first kappa shape index (κ1) is 17.0. The number of nitrogens with zero attached hydrogens (tertiary/aromatic N) is 3. The van der Waals surface area contributed by atoms with E-state index in [0.29, 0.717) is 6.54 Å². The molecule has 2 N–H and O–H groups in total. The van der Waals surface area contributed by atoms with Crippen molar-refractivity contribution in [3.05, 3.63) is 47.5 Å². The molecule has 0 bridgehead atoms. The average Bonchev–Trinajstić information content (AvgIpc) is 2.92. The van der Waals surface area contributed by atoms with Crippen LogP contribution in [0.1, 0.15) is 43.8 Å². The number of nitrogens with one attached hydrogen (secondary N) is 2. The van der Waals surface area contributed by atoms with Crippen molar-refractivity contribution in [2.45, 2.75) is 39.2 Å². The van der Waals surface area contributed by atoms with Gasteiger partial charge in [-0.3, -0.25) is 0 Å². The van der Waals surface area contributed by atoms with E-state index in [4.69, 9.17) is 0 Å². The van der Waals surface area contributed by atoms with Crippen molar-refractivity contribution in [1.29, 1.82) is 0 Å². The lowest BCUT2D eigenvalue weighted by Crippen LogP contribution is -2.43. The minimum Gasteiger partial charge on any atom is -0.337 e. The molecule has 1 heterocycles. The predicted molar refractivity (Wildman–Crippen MR) is 90.2 cm³/mol. The van der Waals surface area contributed by atoms with Gasteiger partial charge in [-0.25, -0.2) is 4.79 Å². The van der Waals surface area contributed by atoms with E-state index >= 15 is 0 Å². The first-order valence-electron chi connectivity index (χ1n) is 7.75. The van der Waals surface area contributed by atoms with E-state index in [1.54, 1.807) is 10.9 Å². The number of rotatable bonds is 5. The van der Waals surface area contributed by atoms with E-state index < -0.39 is 0 Å². The highest BCUT2D eigenvalue weighted by Crippen LogP contribution is 2.25. The molecule has 1 atom stereocenters. The summed E-state index contributed by atoms with van der Waals surface area (Å²) in [6.07, 6.45) is 1.62. The van der Waals surface area contributed by atoms with E-state index in [1.165, 1.54) is 11.1 Å². The highest BCUT2D eigenvalue weighted by atomic mass is 16.2. The molecule has 2 aromatic rings. The third-order valence-electron chi connectivity index (χ3n) is 4.05. The molecular formula is C17H25N5O. The van der Waals surface area contributed by atoms with Gasteiger partial charge in [0.25, 0.3) is 0 Å². The smallest absolute Gasteiger partial charge is 0.315 e. The van der Waals surface area contributed by atoms with Crippen LogP contribution in [0.5, 0.6) is 0 Å². The quantitative estimate of drug-likeness (QED) is 0.890. The summed E-state index contributed by atoms with van der Waals surface area (Å²) in [6.45, 7) is 8.78. The molecule has 0 spiro atoms. The van der Waals surface area contributed by atoms with Crippen LogP contribution in [0.2, 0.25) is 0 Å². The van der Waals surface area contributed by atoms with Crippen LogP contribution in [0.4, 0.5) is 4.79 Å². The molecule has 23 heavy (non-hydrogen) atoms. The number of amides is 2. The highest BCUT2D eigenvalue weighted by molar-refractivity contribution is 5.74. The number of carbonyl (C=O) groups is 1.